The lowest BCUT2D eigenvalue weighted by Gasteiger charge is -2.28. The van der Waals surface area contributed by atoms with E-state index >= 15 is 0 Å². The highest BCUT2D eigenvalue weighted by molar-refractivity contribution is 7.91. The van der Waals surface area contributed by atoms with Gasteiger partial charge in [-0.2, -0.15) is 0 Å². The van der Waals surface area contributed by atoms with Crippen molar-refractivity contribution in [2.45, 2.75) is 57.6 Å². The van der Waals surface area contributed by atoms with Crippen molar-refractivity contribution in [3.05, 3.63) is 60.2 Å². The summed E-state index contributed by atoms with van der Waals surface area (Å²) < 4.78 is 24.3. The van der Waals surface area contributed by atoms with Gasteiger partial charge in [-0.05, 0) is 81.2 Å². The van der Waals surface area contributed by atoms with Gasteiger partial charge >= 0.3 is 0 Å². The lowest BCUT2D eigenvalue weighted by Crippen LogP contribution is -2.26. The molecule has 1 aliphatic rings. The second-order valence-corrected chi connectivity index (χ2v) is 11.1. The normalized spacial score (nSPS) is 20.2. The molecule has 0 bridgehead atoms. The molecule has 152 valence electrons. The minimum atomic E-state index is -2.90. The van der Waals surface area contributed by atoms with Crippen molar-refractivity contribution in [1.82, 2.24) is 0 Å². The minimum Gasteiger partial charge on any atom is -0.356 e. The molecular formula is C24H33NO2S. The number of aryl methyl sites for hydroxylation is 1. The predicted molar refractivity (Wildman–Crippen MR) is 119 cm³/mol. The average molecular weight is 400 g/mol. The molecule has 0 unspecified atom stereocenters. The van der Waals surface area contributed by atoms with Gasteiger partial charge in [0.15, 0.2) is 9.84 Å². The van der Waals surface area contributed by atoms with Crippen LogP contribution < -0.4 is 5.32 Å². The van der Waals surface area contributed by atoms with Gasteiger partial charge in [-0.3, -0.25) is 0 Å². The molecule has 0 amide bonds. The fourth-order valence-electron chi connectivity index (χ4n) is 4.02. The Morgan fingerprint density at radius 1 is 0.857 bits per heavy atom. The molecule has 0 aliphatic heterocycles. The number of rotatable bonds is 8. The van der Waals surface area contributed by atoms with Crippen LogP contribution in [0.4, 0.5) is 11.4 Å². The SMILES string of the molecule is CC(C)S(=O)(=O)CC1CCC(CCc2ccc(Nc3ccccc3)cc2)CC1. The molecule has 3 nitrogen and oxygen atoms in total. The van der Waals surface area contributed by atoms with Gasteiger partial charge in [0.25, 0.3) is 0 Å². The Labute approximate surface area is 170 Å². The number of nitrogens with one attached hydrogen (secondary N) is 1. The van der Waals surface area contributed by atoms with Crippen LogP contribution in [0.5, 0.6) is 0 Å². The highest BCUT2D eigenvalue weighted by Gasteiger charge is 2.27. The Balaban J connectivity index is 1.42. The van der Waals surface area contributed by atoms with E-state index in [-0.39, 0.29) is 5.25 Å². The van der Waals surface area contributed by atoms with Gasteiger partial charge in [-0.25, -0.2) is 8.42 Å². The maximum atomic E-state index is 12.1. The van der Waals surface area contributed by atoms with E-state index in [1.165, 1.54) is 24.8 Å². The maximum absolute atomic E-state index is 12.1. The third-order valence-electron chi connectivity index (χ3n) is 6.01. The lowest BCUT2D eigenvalue weighted by molar-refractivity contribution is 0.278. The summed E-state index contributed by atoms with van der Waals surface area (Å²) in [6.45, 7) is 3.59. The van der Waals surface area contributed by atoms with Gasteiger partial charge in [-0.1, -0.05) is 43.2 Å². The Bertz CT molecular complexity index is 821. The zero-order valence-corrected chi connectivity index (χ0v) is 17.9. The largest absolute Gasteiger partial charge is 0.356 e. The summed E-state index contributed by atoms with van der Waals surface area (Å²) >= 11 is 0. The van der Waals surface area contributed by atoms with Crippen LogP contribution in [-0.2, 0) is 16.3 Å². The van der Waals surface area contributed by atoms with Gasteiger partial charge < -0.3 is 5.32 Å². The fourth-order valence-corrected chi connectivity index (χ4v) is 5.40. The van der Waals surface area contributed by atoms with Crippen LogP contribution in [0, 0.1) is 11.8 Å². The predicted octanol–water partition coefficient (Wildman–Crippen LogP) is 5.99. The first-order valence-electron chi connectivity index (χ1n) is 10.5. The van der Waals surface area contributed by atoms with Crippen LogP contribution >= 0.6 is 0 Å². The van der Waals surface area contributed by atoms with Crippen molar-refractivity contribution in [2.24, 2.45) is 11.8 Å². The quantitative estimate of drug-likeness (QED) is 0.593. The van der Waals surface area contributed by atoms with Gasteiger partial charge in [-0.15, -0.1) is 0 Å². The summed E-state index contributed by atoms with van der Waals surface area (Å²) in [6, 6.07) is 18.9. The molecule has 1 fully saturated rings. The van der Waals surface area contributed by atoms with Crippen molar-refractivity contribution in [3.63, 3.8) is 0 Å². The van der Waals surface area contributed by atoms with E-state index < -0.39 is 9.84 Å². The number of sulfone groups is 1. The average Bonchev–Trinajstić information content (AvgIpc) is 2.69. The first kappa shape index (κ1) is 20.9. The first-order valence-corrected chi connectivity index (χ1v) is 12.3. The van der Waals surface area contributed by atoms with Crippen molar-refractivity contribution in [3.8, 4) is 0 Å². The number of anilines is 2. The molecule has 1 N–H and O–H groups in total. The molecule has 3 rings (SSSR count). The number of benzene rings is 2. The standard InChI is InChI=1S/C24H33NO2S/c1-19(2)28(26,27)18-22-12-10-20(11-13-22)8-9-21-14-16-24(17-15-21)25-23-6-4-3-5-7-23/h3-7,14-17,19-20,22,25H,8-13,18H2,1-2H3. The summed E-state index contributed by atoms with van der Waals surface area (Å²) in [6.07, 6.45) is 6.78. The third-order valence-corrected chi connectivity index (χ3v) is 8.38. The molecule has 0 heterocycles. The Hall–Kier alpha value is -1.81. The van der Waals surface area contributed by atoms with E-state index in [0.29, 0.717) is 11.7 Å². The molecule has 2 aromatic rings. The molecule has 1 aliphatic carbocycles. The van der Waals surface area contributed by atoms with Crippen LogP contribution in [0.1, 0.15) is 51.5 Å². The summed E-state index contributed by atoms with van der Waals surface area (Å²) in [4.78, 5) is 0. The maximum Gasteiger partial charge on any atom is 0.152 e. The lowest BCUT2D eigenvalue weighted by atomic mass is 9.80. The Kier molecular flexibility index (Phi) is 7.17. The Morgan fingerprint density at radius 3 is 2.04 bits per heavy atom. The highest BCUT2D eigenvalue weighted by atomic mass is 32.2. The van der Waals surface area contributed by atoms with E-state index in [2.05, 4.69) is 41.7 Å². The van der Waals surface area contributed by atoms with Crippen LogP contribution in [0.2, 0.25) is 0 Å². The molecular weight excluding hydrogens is 366 g/mol. The summed E-state index contributed by atoms with van der Waals surface area (Å²) in [5.41, 5.74) is 3.59. The molecule has 4 heteroatoms. The van der Waals surface area contributed by atoms with Crippen LogP contribution in [-0.4, -0.2) is 19.4 Å². The van der Waals surface area contributed by atoms with Gasteiger partial charge in [0, 0.05) is 11.4 Å². The first-order chi connectivity index (χ1) is 13.4. The molecule has 0 aromatic heterocycles. The number of para-hydroxylation sites is 1. The van der Waals surface area contributed by atoms with E-state index in [0.717, 1.165) is 36.6 Å². The molecule has 1 saturated carbocycles. The monoisotopic (exact) mass is 399 g/mol. The topological polar surface area (TPSA) is 46.2 Å². The van der Waals surface area contributed by atoms with Gasteiger partial charge in [0.1, 0.15) is 0 Å². The van der Waals surface area contributed by atoms with E-state index in [9.17, 15) is 8.42 Å². The van der Waals surface area contributed by atoms with Gasteiger partial charge in [0.2, 0.25) is 0 Å². The van der Waals surface area contributed by atoms with Crippen molar-refractivity contribution < 1.29 is 8.42 Å². The molecule has 2 aromatic carbocycles. The van der Waals surface area contributed by atoms with Crippen molar-refractivity contribution in [2.75, 3.05) is 11.1 Å². The van der Waals surface area contributed by atoms with E-state index in [1.54, 1.807) is 13.8 Å². The van der Waals surface area contributed by atoms with Crippen molar-refractivity contribution in [1.29, 1.82) is 0 Å². The van der Waals surface area contributed by atoms with Crippen LogP contribution in [0.3, 0.4) is 0 Å². The molecule has 28 heavy (non-hydrogen) atoms. The second-order valence-electron chi connectivity index (χ2n) is 8.49. The van der Waals surface area contributed by atoms with E-state index in [4.69, 9.17) is 0 Å². The zero-order chi connectivity index (χ0) is 20.0. The minimum absolute atomic E-state index is 0.246. The second kappa shape index (κ2) is 9.60. The van der Waals surface area contributed by atoms with Gasteiger partial charge in [0.05, 0.1) is 11.0 Å². The smallest absolute Gasteiger partial charge is 0.152 e. The third kappa shape index (κ3) is 6.10. The molecule has 0 spiro atoms. The summed E-state index contributed by atoms with van der Waals surface area (Å²) in [7, 11) is -2.90. The number of hydrogen-bond donors (Lipinski definition) is 1. The van der Waals surface area contributed by atoms with Crippen molar-refractivity contribution >= 4 is 21.2 Å². The molecule has 0 radical (unpaired) electrons. The summed E-state index contributed by atoms with van der Waals surface area (Å²) in [5.74, 6) is 1.49. The van der Waals surface area contributed by atoms with E-state index in [1.807, 2.05) is 18.2 Å². The number of hydrogen-bond acceptors (Lipinski definition) is 3. The zero-order valence-electron chi connectivity index (χ0n) is 17.1. The molecule has 0 atom stereocenters. The van der Waals surface area contributed by atoms with Crippen LogP contribution in [0.25, 0.3) is 0 Å². The fraction of sp³-hybridized carbons (Fsp3) is 0.500. The highest BCUT2D eigenvalue weighted by Crippen LogP contribution is 2.33. The molecule has 0 saturated heterocycles. The van der Waals surface area contributed by atoms with Crippen LogP contribution in [0.15, 0.2) is 54.6 Å². The Morgan fingerprint density at radius 2 is 1.43 bits per heavy atom. The summed E-state index contributed by atoms with van der Waals surface area (Å²) in [5, 5.41) is 3.17.